The lowest BCUT2D eigenvalue weighted by molar-refractivity contribution is -0.116. The second-order valence-electron chi connectivity index (χ2n) is 6.33. The highest BCUT2D eigenvalue weighted by atomic mass is 16.5. The molecule has 29 heavy (non-hydrogen) atoms. The number of nitrogens with zero attached hydrogens (tertiary/aromatic N) is 1. The summed E-state index contributed by atoms with van der Waals surface area (Å²) in [5, 5.41) is 5.51. The lowest BCUT2D eigenvalue weighted by atomic mass is 10.2. The van der Waals surface area contributed by atoms with E-state index in [1.54, 1.807) is 17.0 Å². The van der Waals surface area contributed by atoms with Gasteiger partial charge < -0.3 is 20.3 Å². The zero-order chi connectivity index (χ0) is 20.5. The maximum atomic E-state index is 12.1. The molecule has 0 fully saturated rings. The molecule has 3 amide bonds. The zero-order valence-electron chi connectivity index (χ0n) is 16.2. The van der Waals surface area contributed by atoms with Crippen molar-refractivity contribution < 1.29 is 14.3 Å². The Bertz CT molecular complexity index is 929. The molecule has 0 aliphatic heterocycles. The van der Waals surface area contributed by atoms with E-state index >= 15 is 0 Å². The maximum absolute atomic E-state index is 12.1. The SMILES string of the molecule is CC(=O)N(CCNC(=O)Nc1ccccc1)c1ccc(Oc2ccccc2)cc1. The first-order valence-electron chi connectivity index (χ1n) is 9.33. The minimum atomic E-state index is -0.314. The van der Waals surface area contributed by atoms with Gasteiger partial charge in [0, 0.05) is 31.4 Å². The number of hydrogen-bond acceptors (Lipinski definition) is 3. The van der Waals surface area contributed by atoms with Gasteiger partial charge >= 0.3 is 6.03 Å². The highest BCUT2D eigenvalue weighted by Crippen LogP contribution is 2.24. The van der Waals surface area contributed by atoms with Crippen LogP contribution in [0.25, 0.3) is 0 Å². The number of para-hydroxylation sites is 2. The third kappa shape index (κ3) is 6.10. The van der Waals surface area contributed by atoms with Crippen molar-refractivity contribution in [3.8, 4) is 11.5 Å². The van der Waals surface area contributed by atoms with Crippen LogP contribution in [0.5, 0.6) is 11.5 Å². The summed E-state index contributed by atoms with van der Waals surface area (Å²) in [6.07, 6.45) is 0. The van der Waals surface area contributed by atoms with E-state index < -0.39 is 0 Å². The average Bonchev–Trinajstić information content (AvgIpc) is 2.73. The molecule has 0 aliphatic rings. The molecule has 0 unspecified atom stereocenters. The minimum absolute atomic E-state index is 0.105. The summed E-state index contributed by atoms with van der Waals surface area (Å²) in [7, 11) is 0. The van der Waals surface area contributed by atoms with Gasteiger partial charge in [0.25, 0.3) is 0 Å². The van der Waals surface area contributed by atoms with E-state index in [4.69, 9.17) is 4.74 Å². The molecule has 0 aromatic heterocycles. The van der Waals surface area contributed by atoms with Gasteiger partial charge in [0.1, 0.15) is 11.5 Å². The van der Waals surface area contributed by atoms with Gasteiger partial charge in [-0.1, -0.05) is 36.4 Å². The number of rotatable bonds is 7. The van der Waals surface area contributed by atoms with Crippen molar-refractivity contribution in [3.63, 3.8) is 0 Å². The molecule has 0 saturated heterocycles. The van der Waals surface area contributed by atoms with Gasteiger partial charge in [-0.2, -0.15) is 0 Å². The Morgan fingerprint density at radius 3 is 2.03 bits per heavy atom. The summed E-state index contributed by atoms with van der Waals surface area (Å²) in [6, 6.07) is 25.6. The van der Waals surface area contributed by atoms with Crippen LogP contribution in [0.2, 0.25) is 0 Å². The third-order valence-electron chi connectivity index (χ3n) is 4.16. The quantitative estimate of drug-likeness (QED) is 0.618. The number of benzene rings is 3. The van der Waals surface area contributed by atoms with E-state index in [0.29, 0.717) is 24.5 Å². The topological polar surface area (TPSA) is 70.7 Å². The van der Waals surface area contributed by atoms with E-state index in [1.165, 1.54) is 6.92 Å². The van der Waals surface area contributed by atoms with Crippen molar-refractivity contribution in [2.75, 3.05) is 23.3 Å². The smallest absolute Gasteiger partial charge is 0.319 e. The Balaban J connectivity index is 1.54. The summed E-state index contributed by atoms with van der Waals surface area (Å²) in [5.41, 5.74) is 1.45. The van der Waals surface area contributed by atoms with Crippen molar-refractivity contribution >= 4 is 23.3 Å². The van der Waals surface area contributed by atoms with Crippen LogP contribution in [-0.4, -0.2) is 25.0 Å². The number of hydrogen-bond donors (Lipinski definition) is 2. The first-order chi connectivity index (χ1) is 14.1. The molecular formula is C23H23N3O3. The first kappa shape index (κ1) is 19.9. The summed E-state index contributed by atoms with van der Waals surface area (Å²) in [6.45, 7) is 2.18. The van der Waals surface area contributed by atoms with Gasteiger partial charge in [-0.05, 0) is 48.5 Å². The normalized spacial score (nSPS) is 10.1. The van der Waals surface area contributed by atoms with Crippen molar-refractivity contribution in [3.05, 3.63) is 84.9 Å². The molecule has 6 nitrogen and oxygen atoms in total. The van der Waals surface area contributed by atoms with E-state index in [2.05, 4.69) is 10.6 Å². The molecule has 3 aromatic carbocycles. The molecule has 0 atom stereocenters. The van der Waals surface area contributed by atoms with Gasteiger partial charge in [-0.3, -0.25) is 4.79 Å². The Morgan fingerprint density at radius 1 is 0.828 bits per heavy atom. The van der Waals surface area contributed by atoms with Gasteiger partial charge in [0.2, 0.25) is 5.91 Å². The van der Waals surface area contributed by atoms with E-state index in [0.717, 1.165) is 11.4 Å². The number of nitrogens with one attached hydrogen (secondary N) is 2. The number of urea groups is 1. The van der Waals surface area contributed by atoms with Crippen LogP contribution in [-0.2, 0) is 4.79 Å². The van der Waals surface area contributed by atoms with Gasteiger partial charge in [-0.15, -0.1) is 0 Å². The van der Waals surface area contributed by atoms with Crippen LogP contribution in [0.15, 0.2) is 84.9 Å². The van der Waals surface area contributed by atoms with E-state index in [-0.39, 0.29) is 11.9 Å². The molecule has 3 aromatic rings. The second kappa shape index (κ2) is 9.94. The number of anilines is 2. The van der Waals surface area contributed by atoms with Crippen molar-refractivity contribution in [1.29, 1.82) is 0 Å². The third-order valence-corrected chi connectivity index (χ3v) is 4.16. The summed E-state index contributed by atoms with van der Waals surface area (Å²) >= 11 is 0. The van der Waals surface area contributed by atoms with Gasteiger partial charge in [-0.25, -0.2) is 4.79 Å². The second-order valence-corrected chi connectivity index (χ2v) is 6.33. The Kier molecular flexibility index (Phi) is 6.84. The Labute approximate surface area is 170 Å². The predicted octanol–water partition coefficient (Wildman–Crippen LogP) is 4.65. The Morgan fingerprint density at radius 2 is 1.41 bits per heavy atom. The fourth-order valence-corrected chi connectivity index (χ4v) is 2.77. The first-order valence-corrected chi connectivity index (χ1v) is 9.33. The molecule has 0 bridgehead atoms. The molecule has 0 spiro atoms. The number of ether oxygens (including phenoxy) is 1. The lowest BCUT2D eigenvalue weighted by Crippen LogP contribution is -2.39. The van der Waals surface area contributed by atoms with E-state index in [9.17, 15) is 9.59 Å². The largest absolute Gasteiger partial charge is 0.457 e. The lowest BCUT2D eigenvalue weighted by Gasteiger charge is -2.21. The van der Waals surface area contributed by atoms with Crippen molar-refractivity contribution in [2.24, 2.45) is 0 Å². The van der Waals surface area contributed by atoms with Crippen molar-refractivity contribution in [1.82, 2.24) is 5.32 Å². The Hall–Kier alpha value is -3.80. The molecule has 0 radical (unpaired) electrons. The highest BCUT2D eigenvalue weighted by molar-refractivity contribution is 5.92. The van der Waals surface area contributed by atoms with Crippen molar-refractivity contribution in [2.45, 2.75) is 6.92 Å². The van der Waals surface area contributed by atoms with E-state index in [1.807, 2.05) is 72.8 Å². The van der Waals surface area contributed by atoms with Gasteiger partial charge in [0.15, 0.2) is 0 Å². The average molecular weight is 389 g/mol. The maximum Gasteiger partial charge on any atom is 0.319 e. The predicted molar refractivity (Wildman–Crippen MR) is 114 cm³/mol. The minimum Gasteiger partial charge on any atom is -0.457 e. The molecule has 2 N–H and O–H groups in total. The molecule has 0 heterocycles. The van der Waals surface area contributed by atoms with Crippen LogP contribution < -0.4 is 20.3 Å². The van der Waals surface area contributed by atoms with Crippen LogP contribution in [0.1, 0.15) is 6.92 Å². The molecule has 3 rings (SSSR count). The molecular weight excluding hydrogens is 366 g/mol. The fraction of sp³-hybridized carbons (Fsp3) is 0.130. The number of amides is 3. The highest BCUT2D eigenvalue weighted by Gasteiger charge is 2.12. The number of carbonyl (C=O) groups excluding carboxylic acids is 2. The van der Waals surface area contributed by atoms with Crippen LogP contribution in [0, 0.1) is 0 Å². The molecule has 6 heteroatoms. The molecule has 0 saturated carbocycles. The summed E-state index contributed by atoms with van der Waals surface area (Å²) < 4.78 is 5.77. The van der Waals surface area contributed by atoms with Crippen LogP contribution >= 0.6 is 0 Å². The summed E-state index contributed by atoms with van der Waals surface area (Å²) in [4.78, 5) is 25.6. The zero-order valence-corrected chi connectivity index (χ0v) is 16.2. The molecule has 148 valence electrons. The fourth-order valence-electron chi connectivity index (χ4n) is 2.77. The summed E-state index contributed by atoms with van der Waals surface area (Å²) in [5.74, 6) is 1.33. The van der Waals surface area contributed by atoms with Crippen LogP contribution in [0.4, 0.5) is 16.2 Å². The number of carbonyl (C=O) groups is 2. The monoisotopic (exact) mass is 389 g/mol. The van der Waals surface area contributed by atoms with Gasteiger partial charge in [0.05, 0.1) is 0 Å². The standard InChI is InChI=1S/C23H23N3O3/c1-18(27)26(17-16-24-23(28)25-19-8-4-2-5-9-19)20-12-14-22(15-13-20)29-21-10-6-3-7-11-21/h2-15H,16-17H2,1H3,(H2,24,25,28). The molecule has 0 aliphatic carbocycles. The van der Waals surface area contributed by atoms with Crippen LogP contribution in [0.3, 0.4) is 0 Å².